The summed E-state index contributed by atoms with van der Waals surface area (Å²) >= 11 is 3.73. The summed E-state index contributed by atoms with van der Waals surface area (Å²) in [5, 5.41) is 1.06. The smallest absolute Gasteiger partial charge is 0.0687 e. The molecule has 3 fully saturated rings. The van der Waals surface area contributed by atoms with Crippen LogP contribution in [0.2, 0.25) is 0 Å². The third-order valence-corrected chi connectivity index (χ3v) is 6.64. The minimum Gasteiger partial charge on any atom is -0.381 e. The van der Waals surface area contributed by atoms with Crippen molar-refractivity contribution in [1.29, 1.82) is 0 Å². The van der Waals surface area contributed by atoms with E-state index >= 15 is 0 Å². The van der Waals surface area contributed by atoms with Gasteiger partial charge in [0.25, 0.3) is 0 Å². The van der Waals surface area contributed by atoms with Gasteiger partial charge in [0.05, 0.1) is 18.3 Å². The Morgan fingerprint density at radius 2 is 1.84 bits per heavy atom. The van der Waals surface area contributed by atoms with E-state index in [-0.39, 0.29) is 5.60 Å². The minimum atomic E-state index is 0.270. The number of alkyl halides is 1. The van der Waals surface area contributed by atoms with Gasteiger partial charge in [0, 0.05) is 17.4 Å². The number of hydrogen-bond donors (Lipinski definition) is 0. The molecule has 3 rings (SSSR count). The lowest BCUT2D eigenvalue weighted by Gasteiger charge is -2.39. The summed E-state index contributed by atoms with van der Waals surface area (Å²) in [6, 6.07) is 0. The van der Waals surface area contributed by atoms with Crippen molar-refractivity contribution in [2.75, 3.05) is 18.5 Å². The quantitative estimate of drug-likeness (QED) is 0.711. The van der Waals surface area contributed by atoms with Crippen molar-refractivity contribution < 1.29 is 9.47 Å². The summed E-state index contributed by atoms with van der Waals surface area (Å²) in [6.07, 6.45) is 13.5. The van der Waals surface area contributed by atoms with E-state index in [2.05, 4.69) is 15.9 Å². The summed E-state index contributed by atoms with van der Waals surface area (Å²) in [5.74, 6) is 0. The maximum absolute atomic E-state index is 6.54. The van der Waals surface area contributed by atoms with Crippen LogP contribution in [0.15, 0.2) is 0 Å². The van der Waals surface area contributed by atoms with Gasteiger partial charge < -0.3 is 9.47 Å². The Kier molecular flexibility index (Phi) is 4.55. The molecule has 0 amide bonds. The van der Waals surface area contributed by atoms with Crippen LogP contribution in [0, 0.1) is 5.41 Å². The number of rotatable bonds is 3. The van der Waals surface area contributed by atoms with Gasteiger partial charge >= 0.3 is 0 Å². The molecular formula is C16H27BrO2. The van der Waals surface area contributed by atoms with E-state index in [9.17, 15) is 0 Å². The summed E-state index contributed by atoms with van der Waals surface area (Å²) in [7, 11) is 0. The van der Waals surface area contributed by atoms with Gasteiger partial charge in [0.15, 0.2) is 0 Å². The Bertz CT molecular complexity index is 293. The standard InChI is InChI=1S/C16H27BrO2/c17-12-15(6-4-10-18-13-15)11-14-5-9-16(19-14)7-2-1-3-8-16/h14H,1-13H2. The van der Waals surface area contributed by atoms with E-state index in [1.165, 1.54) is 64.2 Å². The van der Waals surface area contributed by atoms with Crippen LogP contribution in [0.25, 0.3) is 0 Å². The summed E-state index contributed by atoms with van der Waals surface area (Å²) in [6.45, 7) is 1.87. The van der Waals surface area contributed by atoms with Gasteiger partial charge in [-0.25, -0.2) is 0 Å². The van der Waals surface area contributed by atoms with Crippen LogP contribution < -0.4 is 0 Å². The maximum Gasteiger partial charge on any atom is 0.0687 e. The number of halogens is 1. The van der Waals surface area contributed by atoms with Gasteiger partial charge in [0.1, 0.15) is 0 Å². The molecule has 2 unspecified atom stereocenters. The third-order valence-electron chi connectivity index (χ3n) is 5.45. The number of hydrogen-bond acceptors (Lipinski definition) is 2. The summed E-state index contributed by atoms with van der Waals surface area (Å²) in [4.78, 5) is 0. The maximum atomic E-state index is 6.54. The molecule has 110 valence electrons. The highest BCUT2D eigenvalue weighted by molar-refractivity contribution is 9.09. The van der Waals surface area contributed by atoms with E-state index in [1.54, 1.807) is 0 Å². The second-order valence-electron chi connectivity index (χ2n) is 7.02. The fourth-order valence-electron chi connectivity index (χ4n) is 4.32. The molecule has 0 N–H and O–H groups in total. The molecular weight excluding hydrogens is 304 g/mol. The predicted molar refractivity (Wildman–Crippen MR) is 80.8 cm³/mol. The molecule has 2 heterocycles. The van der Waals surface area contributed by atoms with E-state index < -0.39 is 0 Å². The van der Waals surface area contributed by atoms with Crippen molar-refractivity contribution in [3.63, 3.8) is 0 Å². The second-order valence-corrected chi connectivity index (χ2v) is 7.58. The van der Waals surface area contributed by atoms with Crippen LogP contribution in [0.1, 0.15) is 64.2 Å². The highest BCUT2D eigenvalue weighted by Crippen LogP contribution is 2.46. The van der Waals surface area contributed by atoms with E-state index in [1.807, 2.05) is 0 Å². The molecule has 2 aliphatic heterocycles. The largest absolute Gasteiger partial charge is 0.381 e. The van der Waals surface area contributed by atoms with Crippen molar-refractivity contribution in [1.82, 2.24) is 0 Å². The SMILES string of the molecule is BrCC1(CC2CCC3(CCCCC3)O2)CCCOC1. The Morgan fingerprint density at radius 1 is 1.00 bits per heavy atom. The predicted octanol–water partition coefficient (Wildman–Crippen LogP) is 4.45. The first kappa shape index (κ1) is 14.3. The first-order valence-corrected chi connectivity index (χ1v) is 9.20. The molecule has 2 saturated heterocycles. The average Bonchev–Trinajstić information content (AvgIpc) is 2.83. The topological polar surface area (TPSA) is 18.5 Å². The number of ether oxygens (including phenoxy) is 2. The van der Waals surface area contributed by atoms with Gasteiger partial charge in [0.2, 0.25) is 0 Å². The van der Waals surface area contributed by atoms with E-state index in [0.29, 0.717) is 11.5 Å². The van der Waals surface area contributed by atoms with Crippen LogP contribution in [0.3, 0.4) is 0 Å². The van der Waals surface area contributed by atoms with Crippen molar-refractivity contribution in [2.24, 2.45) is 5.41 Å². The van der Waals surface area contributed by atoms with E-state index in [0.717, 1.165) is 18.5 Å². The van der Waals surface area contributed by atoms with Gasteiger partial charge in [-0.2, -0.15) is 0 Å². The normalized spacial score (nSPS) is 38.7. The van der Waals surface area contributed by atoms with Gasteiger partial charge in [-0.15, -0.1) is 0 Å². The van der Waals surface area contributed by atoms with Crippen LogP contribution in [0.4, 0.5) is 0 Å². The summed E-state index contributed by atoms with van der Waals surface area (Å²) in [5.41, 5.74) is 0.606. The molecule has 0 aromatic carbocycles. The molecule has 2 nitrogen and oxygen atoms in total. The lowest BCUT2D eigenvalue weighted by atomic mass is 9.79. The zero-order chi connectivity index (χ0) is 13.2. The molecule has 2 atom stereocenters. The fraction of sp³-hybridized carbons (Fsp3) is 1.00. The van der Waals surface area contributed by atoms with Crippen molar-refractivity contribution in [3.05, 3.63) is 0 Å². The monoisotopic (exact) mass is 330 g/mol. The average molecular weight is 331 g/mol. The highest BCUT2D eigenvalue weighted by Gasteiger charge is 2.44. The molecule has 1 saturated carbocycles. The third kappa shape index (κ3) is 3.19. The van der Waals surface area contributed by atoms with Gasteiger partial charge in [-0.3, -0.25) is 0 Å². The van der Waals surface area contributed by atoms with Gasteiger partial charge in [-0.05, 0) is 44.9 Å². The van der Waals surface area contributed by atoms with Crippen LogP contribution in [-0.4, -0.2) is 30.2 Å². The Hall–Kier alpha value is 0.400. The molecule has 0 aromatic rings. The second kappa shape index (κ2) is 6.03. The molecule has 3 heteroatoms. The fourth-order valence-corrected chi connectivity index (χ4v) is 4.99. The van der Waals surface area contributed by atoms with Crippen molar-refractivity contribution in [3.8, 4) is 0 Å². The molecule has 0 aromatic heterocycles. The Labute approximate surface area is 125 Å². The first-order valence-electron chi connectivity index (χ1n) is 8.08. The Morgan fingerprint density at radius 3 is 2.53 bits per heavy atom. The first-order chi connectivity index (χ1) is 9.26. The highest BCUT2D eigenvalue weighted by atomic mass is 79.9. The van der Waals surface area contributed by atoms with Crippen molar-refractivity contribution >= 4 is 15.9 Å². The molecule has 0 radical (unpaired) electrons. The molecule has 3 aliphatic rings. The molecule has 1 spiro atoms. The lowest BCUT2D eigenvalue weighted by Crippen LogP contribution is -2.38. The lowest BCUT2D eigenvalue weighted by molar-refractivity contribution is -0.0898. The molecule has 19 heavy (non-hydrogen) atoms. The molecule has 0 bridgehead atoms. The minimum absolute atomic E-state index is 0.270. The van der Waals surface area contributed by atoms with Crippen molar-refractivity contribution in [2.45, 2.75) is 75.9 Å². The van der Waals surface area contributed by atoms with Crippen LogP contribution >= 0.6 is 15.9 Å². The molecule has 1 aliphatic carbocycles. The zero-order valence-corrected chi connectivity index (χ0v) is 13.6. The van der Waals surface area contributed by atoms with Crippen LogP contribution in [-0.2, 0) is 9.47 Å². The van der Waals surface area contributed by atoms with Gasteiger partial charge in [-0.1, -0.05) is 35.2 Å². The van der Waals surface area contributed by atoms with Crippen LogP contribution in [0.5, 0.6) is 0 Å². The zero-order valence-electron chi connectivity index (χ0n) is 12.0. The summed E-state index contributed by atoms with van der Waals surface area (Å²) < 4.78 is 12.3. The van der Waals surface area contributed by atoms with E-state index in [4.69, 9.17) is 9.47 Å². The Balaban J connectivity index is 1.58.